The van der Waals surface area contributed by atoms with E-state index in [1.807, 2.05) is 0 Å². The molecule has 0 heterocycles. The van der Waals surface area contributed by atoms with E-state index in [9.17, 15) is 9.36 Å². The van der Waals surface area contributed by atoms with Gasteiger partial charge >= 0.3 is 7.60 Å². The minimum atomic E-state index is -4.37. The molecule has 0 bridgehead atoms. The first-order valence-corrected chi connectivity index (χ1v) is 6.38. The summed E-state index contributed by atoms with van der Waals surface area (Å²) >= 11 is 11.4. The molecule has 0 aliphatic heterocycles. The Morgan fingerprint density at radius 3 is 2.47 bits per heavy atom. The molecule has 7 heteroatoms. The molecule has 4 nitrogen and oxygen atoms in total. The van der Waals surface area contributed by atoms with Crippen LogP contribution in [0.3, 0.4) is 0 Å². The van der Waals surface area contributed by atoms with E-state index in [2.05, 4.69) is 0 Å². The molecule has 0 aliphatic carbocycles. The summed E-state index contributed by atoms with van der Waals surface area (Å²) in [6.07, 6.45) is -0.868. The lowest BCUT2D eigenvalue weighted by molar-refractivity contribution is 0.101. The molecule has 82 valence electrons. The van der Waals surface area contributed by atoms with E-state index in [4.69, 9.17) is 33.0 Å². The van der Waals surface area contributed by atoms with Gasteiger partial charge in [0.25, 0.3) is 0 Å². The fraction of sp³-hybridized carbons (Fsp3) is 0.125. The van der Waals surface area contributed by atoms with Crippen LogP contribution < -0.4 is 0 Å². The van der Waals surface area contributed by atoms with E-state index in [-0.39, 0.29) is 15.6 Å². The van der Waals surface area contributed by atoms with Gasteiger partial charge in [0.2, 0.25) is 0 Å². The smallest absolute Gasteiger partial charge is 0.324 e. The Balaban J connectivity index is 3.02. The maximum Gasteiger partial charge on any atom is 0.333 e. The zero-order chi connectivity index (χ0) is 11.6. The third-order valence-corrected chi connectivity index (χ3v) is 3.12. The van der Waals surface area contributed by atoms with Gasteiger partial charge in [-0.1, -0.05) is 29.3 Å². The van der Waals surface area contributed by atoms with Crippen LogP contribution in [-0.4, -0.2) is 21.7 Å². The molecular formula is C8H7Cl2O4P. The lowest BCUT2D eigenvalue weighted by atomic mass is 10.1. The first-order chi connectivity index (χ1) is 6.81. The van der Waals surface area contributed by atoms with E-state index in [0.717, 1.165) is 0 Å². The fourth-order valence-electron chi connectivity index (χ4n) is 0.991. The second kappa shape index (κ2) is 4.64. The average Bonchev–Trinajstić information content (AvgIpc) is 2.06. The van der Waals surface area contributed by atoms with E-state index in [0.29, 0.717) is 0 Å². The summed E-state index contributed by atoms with van der Waals surface area (Å²) in [5.41, 5.74) is 0.0208. The Labute approximate surface area is 96.0 Å². The third-order valence-electron chi connectivity index (χ3n) is 1.60. The molecule has 1 aromatic carbocycles. The number of ketones is 1. The molecule has 0 saturated carbocycles. The highest BCUT2D eigenvalue weighted by molar-refractivity contribution is 7.52. The van der Waals surface area contributed by atoms with Crippen LogP contribution >= 0.6 is 30.8 Å². The van der Waals surface area contributed by atoms with E-state index >= 15 is 0 Å². The molecule has 0 aromatic heterocycles. The van der Waals surface area contributed by atoms with Gasteiger partial charge in [-0.2, -0.15) is 0 Å². The second-order valence-electron chi connectivity index (χ2n) is 2.85. The highest BCUT2D eigenvalue weighted by Gasteiger charge is 2.22. The fourth-order valence-corrected chi connectivity index (χ4v) is 1.94. The molecule has 0 radical (unpaired) electrons. The standard InChI is InChI=1S/C8H7Cl2O4P/c9-6-3-1-2-5(8(6)10)7(11)4-15(12,13)14/h1-3H,4H2,(H2,12,13,14). The molecule has 0 aliphatic rings. The van der Waals surface area contributed by atoms with Crippen LogP contribution in [0.4, 0.5) is 0 Å². The Morgan fingerprint density at radius 2 is 1.93 bits per heavy atom. The molecule has 2 N–H and O–H groups in total. The van der Waals surface area contributed by atoms with Crippen LogP contribution in [0.1, 0.15) is 10.4 Å². The van der Waals surface area contributed by atoms with Crippen LogP contribution in [0.25, 0.3) is 0 Å². The highest BCUT2D eigenvalue weighted by Crippen LogP contribution is 2.36. The van der Waals surface area contributed by atoms with Crippen molar-refractivity contribution in [3.8, 4) is 0 Å². The van der Waals surface area contributed by atoms with Crippen LogP contribution in [0.15, 0.2) is 18.2 Å². The van der Waals surface area contributed by atoms with Crippen molar-refractivity contribution in [3.63, 3.8) is 0 Å². The zero-order valence-electron chi connectivity index (χ0n) is 7.35. The van der Waals surface area contributed by atoms with Gasteiger partial charge in [0.05, 0.1) is 10.0 Å². The summed E-state index contributed by atoms with van der Waals surface area (Å²) in [7, 11) is -4.37. The Kier molecular flexibility index (Phi) is 3.93. The van der Waals surface area contributed by atoms with E-state index in [1.165, 1.54) is 18.2 Å². The molecule has 1 rings (SSSR count). The Hall–Kier alpha value is -0.380. The number of halogens is 2. The second-order valence-corrected chi connectivity index (χ2v) is 5.28. The number of carbonyl (C=O) groups is 1. The van der Waals surface area contributed by atoms with Crippen molar-refractivity contribution < 1.29 is 19.1 Å². The zero-order valence-corrected chi connectivity index (χ0v) is 9.76. The summed E-state index contributed by atoms with van der Waals surface area (Å²) in [6, 6.07) is 4.34. The Bertz CT molecular complexity index is 440. The number of hydrogen-bond donors (Lipinski definition) is 2. The van der Waals surface area contributed by atoms with Gasteiger partial charge in [-0.3, -0.25) is 9.36 Å². The van der Waals surface area contributed by atoms with Crippen molar-refractivity contribution in [2.75, 3.05) is 6.16 Å². The molecule has 0 spiro atoms. The average molecular weight is 269 g/mol. The summed E-state index contributed by atoms with van der Waals surface area (Å²) in [5.74, 6) is -0.726. The lowest BCUT2D eigenvalue weighted by Crippen LogP contribution is -2.06. The highest BCUT2D eigenvalue weighted by atomic mass is 35.5. The van der Waals surface area contributed by atoms with Gasteiger partial charge in [-0.05, 0) is 12.1 Å². The number of Topliss-reactive ketones (excluding diaryl/α,β-unsaturated/α-hetero) is 1. The minimum Gasteiger partial charge on any atom is -0.324 e. The Morgan fingerprint density at radius 1 is 1.33 bits per heavy atom. The van der Waals surface area contributed by atoms with Crippen molar-refractivity contribution in [3.05, 3.63) is 33.8 Å². The quantitative estimate of drug-likeness (QED) is 0.652. The van der Waals surface area contributed by atoms with Gasteiger partial charge < -0.3 is 9.79 Å². The minimum absolute atomic E-state index is 0.0117. The van der Waals surface area contributed by atoms with Crippen LogP contribution in [0.5, 0.6) is 0 Å². The van der Waals surface area contributed by atoms with Crippen LogP contribution in [0.2, 0.25) is 10.0 Å². The monoisotopic (exact) mass is 268 g/mol. The number of carbonyl (C=O) groups excluding carboxylic acids is 1. The third kappa shape index (κ3) is 3.59. The summed E-state index contributed by atoms with van der Waals surface area (Å²) < 4.78 is 10.6. The maximum absolute atomic E-state index is 11.4. The molecule has 15 heavy (non-hydrogen) atoms. The first kappa shape index (κ1) is 12.7. The van der Waals surface area contributed by atoms with Gasteiger partial charge in [-0.25, -0.2) is 0 Å². The van der Waals surface area contributed by atoms with Gasteiger partial charge in [0, 0.05) is 5.56 Å². The van der Waals surface area contributed by atoms with E-state index in [1.54, 1.807) is 0 Å². The topological polar surface area (TPSA) is 74.6 Å². The van der Waals surface area contributed by atoms with E-state index < -0.39 is 19.5 Å². The molecule has 0 atom stereocenters. The largest absolute Gasteiger partial charge is 0.333 e. The van der Waals surface area contributed by atoms with Gasteiger partial charge in [0.15, 0.2) is 5.78 Å². The number of benzene rings is 1. The van der Waals surface area contributed by atoms with Crippen molar-refractivity contribution in [1.82, 2.24) is 0 Å². The summed E-state index contributed by atoms with van der Waals surface area (Å²) in [4.78, 5) is 28.6. The maximum atomic E-state index is 11.4. The van der Waals surface area contributed by atoms with Crippen molar-refractivity contribution >= 4 is 36.6 Å². The summed E-state index contributed by atoms with van der Waals surface area (Å²) in [5, 5.41) is 0.186. The molecular weight excluding hydrogens is 262 g/mol. The normalized spacial score (nSPS) is 11.5. The van der Waals surface area contributed by atoms with Crippen molar-refractivity contribution in [1.29, 1.82) is 0 Å². The number of hydrogen-bond acceptors (Lipinski definition) is 2. The molecule has 0 amide bonds. The summed E-state index contributed by atoms with van der Waals surface area (Å²) in [6.45, 7) is 0. The van der Waals surface area contributed by atoms with Crippen molar-refractivity contribution in [2.24, 2.45) is 0 Å². The predicted octanol–water partition coefficient (Wildman–Crippen LogP) is 2.35. The lowest BCUT2D eigenvalue weighted by Gasteiger charge is -2.05. The predicted molar refractivity (Wildman–Crippen MR) is 57.7 cm³/mol. The number of rotatable bonds is 3. The van der Waals surface area contributed by atoms with Gasteiger partial charge in [0.1, 0.15) is 6.16 Å². The molecule has 0 fully saturated rings. The molecule has 1 aromatic rings. The van der Waals surface area contributed by atoms with Crippen molar-refractivity contribution in [2.45, 2.75) is 0 Å². The van der Waals surface area contributed by atoms with Gasteiger partial charge in [-0.15, -0.1) is 0 Å². The molecule has 0 saturated heterocycles. The SMILES string of the molecule is O=C(CP(=O)(O)O)c1cccc(Cl)c1Cl. The van der Waals surface area contributed by atoms with Crippen LogP contribution in [0, 0.1) is 0 Å². The first-order valence-electron chi connectivity index (χ1n) is 3.83. The molecule has 0 unspecified atom stereocenters. The van der Waals surface area contributed by atoms with Crippen LogP contribution in [-0.2, 0) is 4.57 Å².